The number of hydrogen-bond donors (Lipinski definition) is 2. The third-order valence-corrected chi connectivity index (χ3v) is 8.01. The van der Waals surface area contributed by atoms with Crippen molar-refractivity contribution in [2.45, 2.75) is 57.8 Å². The Morgan fingerprint density at radius 1 is 0.917 bits per heavy atom. The zero-order valence-electron chi connectivity index (χ0n) is 22.1. The number of hydrogen-bond acceptors (Lipinski definition) is 4. The Hall–Kier alpha value is -1.94. The normalized spacial score (nSPS) is 11.6. The molecule has 0 radical (unpaired) electrons. The van der Waals surface area contributed by atoms with Crippen LogP contribution in [0.4, 0.5) is 5.69 Å². The summed E-state index contributed by atoms with van der Waals surface area (Å²) in [4.78, 5) is 13.0. The van der Waals surface area contributed by atoms with Crippen molar-refractivity contribution in [3.05, 3.63) is 54.1 Å². The van der Waals surface area contributed by atoms with Gasteiger partial charge in [-0.15, -0.1) is 0 Å². The molecule has 0 aliphatic carbocycles. The minimum Gasteiger partial charge on any atom is -1.00 e. The maximum atomic E-state index is 12.9. The van der Waals surface area contributed by atoms with Crippen LogP contribution >= 0.6 is 0 Å². The van der Waals surface area contributed by atoms with Crippen LogP contribution in [0.3, 0.4) is 0 Å². The van der Waals surface area contributed by atoms with E-state index >= 15 is 0 Å². The number of anilines is 1. The van der Waals surface area contributed by atoms with E-state index in [1.165, 1.54) is 31.4 Å². The summed E-state index contributed by atoms with van der Waals surface area (Å²) in [6, 6.07) is 13.4. The highest BCUT2D eigenvalue weighted by Crippen LogP contribution is 2.21. The van der Waals surface area contributed by atoms with E-state index in [2.05, 4.69) is 37.9 Å². The molecule has 2 aromatic rings. The molecule has 2 aromatic carbocycles. The van der Waals surface area contributed by atoms with Gasteiger partial charge in [0.15, 0.2) is 0 Å². The zero-order chi connectivity index (χ0) is 25.7. The van der Waals surface area contributed by atoms with Crippen molar-refractivity contribution in [3.8, 4) is 5.75 Å². The smallest absolute Gasteiger partial charge is 0.259 e. The minimum absolute atomic E-state index is 0. The number of nitrogens with zero attached hydrogens (tertiary/aromatic N) is 1. The van der Waals surface area contributed by atoms with Gasteiger partial charge in [-0.05, 0) is 56.7 Å². The predicted molar refractivity (Wildman–Crippen MR) is 142 cm³/mol. The summed E-state index contributed by atoms with van der Waals surface area (Å²) in [5.74, 6) is 0.255. The standard InChI is InChI=1S/C27H41N3O4S.BrH/c1-5-8-9-10-13-22-34-26-15-12-11-14-25(26)27(31)29-23-16-18-24(19-17-23)35(32,33)28-20-21-30(4,6-2)7-3;/h11-12,14-19,28H,5-10,13,20-22H2,1-4H3;1H. The molecular formula is C27H42BrN3O4S. The molecule has 0 saturated carbocycles. The molecule has 0 spiro atoms. The summed E-state index contributed by atoms with van der Waals surface area (Å²) in [6.07, 6.45) is 5.69. The number of ether oxygens (including phenoxy) is 1. The van der Waals surface area contributed by atoms with Gasteiger partial charge in [0.1, 0.15) is 5.75 Å². The molecule has 0 fully saturated rings. The number of sulfonamides is 1. The monoisotopic (exact) mass is 583 g/mol. The van der Waals surface area contributed by atoms with Crippen LogP contribution < -0.4 is 31.8 Å². The lowest BCUT2D eigenvalue weighted by Gasteiger charge is -2.32. The quantitative estimate of drug-likeness (QED) is 0.234. The van der Waals surface area contributed by atoms with E-state index in [0.29, 0.717) is 30.2 Å². The molecule has 0 bridgehead atoms. The first kappa shape index (κ1) is 32.1. The largest absolute Gasteiger partial charge is 1.00 e. The van der Waals surface area contributed by atoms with Crippen molar-refractivity contribution < 1.29 is 39.4 Å². The number of unbranched alkanes of at least 4 members (excludes halogenated alkanes) is 4. The fraction of sp³-hybridized carbons (Fsp3) is 0.519. The lowest BCUT2D eigenvalue weighted by Crippen LogP contribution is -3.00. The van der Waals surface area contributed by atoms with Gasteiger partial charge in [-0.25, -0.2) is 13.1 Å². The molecule has 0 unspecified atom stereocenters. The lowest BCUT2D eigenvalue weighted by atomic mass is 10.1. The fourth-order valence-corrected chi connectivity index (χ4v) is 4.68. The molecule has 36 heavy (non-hydrogen) atoms. The Bertz CT molecular complexity index is 1030. The summed E-state index contributed by atoms with van der Waals surface area (Å²) >= 11 is 0. The van der Waals surface area contributed by atoms with Crippen LogP contribution in [-0.2, 0) is 10.0 Å². The van der Waals surface area contributed by atoms with Crippen LogP contribution in [0.2, 0.25) is 0 Å². The topological polar surface area (TPSA) is 84.5 Å². The fourth-order valence-electron chi connectivity index (χ4n) is 3.66. The Labute approximate surface area is 228 Å². The number of para-hydroxylation sites is 1. The van der Waals surface area contributed by atoms with E-state index in [1.807, 2.05) is 6.07 Å². The molecule has 2 N–H and O–H groups in total. The Kier molecular flexibility index (Phi) is 14.3. The van der Waals surface area contributed by atoms with Gasteiger partial charge in [0.05, 0.1) is 50.3 Å². The molecule has 202 valence electrons. The van der Waals surface area contributed by atoms with E-state index in [-0.39, 0.29) is 27.8 Å². The van der Waals surface area contributed by atoms with Crippen LogP contribution in [-0.4, -0.2) is 58.6 Å². The second-order valence-electron chi connectivity index (χ2n) is 9.11. The number of nitrogens with one attached hydrogen (secondary N) is 2. The first-order valence-corrected chi connectivity index (χ1v) is 14.2. The van der Waals surface area contributed by atoms with Crippen molar-refractivity contribution in [2.75, 3.05) is 45.2 Å². The molecule has 1 amide bonds. The predicted octanol–water partition coefficient (Wildman–Crippen LogP) is 2.06. The highest BCUT2D eigenvalue weighted by Gasteiger charge is 2.19. The van der Waals surface area contributed by atoms with Gasteiger partial charge in [0.25, 0.3) is 5.91 Å². The Morgan fingerprint density at radius 2 is 1.56 bits per heavy atom. The summed E-state index contributed by atoms with van der Waals surface area (Å²) in [5, 5.41) is 2.84. The van der Waals surface area contributed by atoms with Crippen molar-refractivity contribution in [3.63, 3.8) is 0 Å². The van der Waals surface area contributed by atoms with Crippen LogP contribution in [0.25, 0.3) is 0 Å². The number of quaternary nitrogens is 1. The molecule has 7 nitrogen and oxygen atoms in total. The zero-order valence-corrected chi connectivity index (χ0v) is 24.5. The van der Waals surface area contributed by atoms with Gasteiger partial charge in [-0.1, -0.05) is 44.7 Å². The summed E-state index contributed by atoms with van der Waals surface area (Å²) in [5.41, 5.74) is 0.969. The number of halogens is 1. The minimum atomic E-state index is -3.61. The highest BCUT2D eigenvalue weighted by molar-refractivity contribution is 7.89. The van der Waals surface area contributed by atoms with Crippen molar-refractivity contribution in [1.29, 1.82) is 0 Å². The number of likely N-dealkylation sites (N-methyl/N-ethyl adjacent to an activating group) is 1. The first-order valence-electron chi connectivity index (χ1n) is 12.7. The number of rotatable bonds is 16. The van der Waals surface area contributed by atoms with E-state index in [0.717, 1.165) is 37.0 Å². The summed E-state index contributed by atoms with van der Waals surface area (Å²) < 4.78 is 34.7. The van der Waals surface area contributed by atoms with E-state index in [1.54, 1.807) is 30.3 Å². The lowest BCUT2D eigenvalue weighted by molar-refractivity contribution is -0.904. The SMILES string of the molecule is CCCCCCCOc1ccccc1C(=O)Nc1ccc(S(=O)(=O)NCC[N+](C)(CC)CC)cc1.[Br-]. The van der Waals surface area contributed by atoms with E-state index < -0.39 is 10.0 Å². The number of benzene rings is 2. The number of amides is 1. The third kappa shape index (κ3) is 10.2. The van der Waals surface area contributed by atoms with Crippen LogP contribution in [0.1, 0.15) is 63.2 Å². The number of carbonyl (C=O) groups excluding carboxylic acids is 1. The maximum Gasteiger partial charge on any atom is 0.259 e. The molecule has 0 atom stereocenters. The maximum absolute atomic E-state index is 12.9. The highest BCUT2D eigenvalue weighted by atomic mass is 79.9. The van der Waals surface area contributed by atoms with Gasteiger partial charge in [-0.2, -0.15) is 0 Å². The van der Waals surface area contributed by atoms with Gasteiger partial charge in [-0.3, -0.25) is 4.79 Å². The van der Waals surface area contributed by atoms with Crippen molar-refractivity contribution in [1.82, 2.24) is 4.72 Å². The van der Waals surface area contributed by atoms with Crippen LogP contribution in [0, 0.1) is 0 Å². The van der Waals surface area contributed by atoms with Crippen molar-refractivity contribution >= 4 is 21.6 Å². The van der Waals surface area contributed by atoms with Gasteiger partial charge in [0, 0.05) is 5.69 Å². The van der Waals surface area contributed by atoms with Crippen molar-refractivity contribution in [2.24, 2.45) is 0 Å². The first-order chi connectivity index (χ1) is 16.7. The van der Waals surface area contributed by atoms with Crippen LogP contribution in [0.15, 0.2) is 53.4 Å². The molecule has 0 aliphatic heterocycles. The summed E-state index contributed by atoms with van der Waals surface area (Å²) in [6.45, 7) is 9.94. The molecular weight excluding hydrogens is 542 g/mol. The van der Waals surface area contributed by atoms with E-state index in [4.69, 9.17) is 4.74 Å². The van der Waals surface area contributed by atoms with Gasteiger partial charge in [0.2, 0.25) is 10.0 Å². The summed E-state index contributed by atoms with van der Waals surface area (Å²) in [7, 11) is -1.50. The second-order valence-corrected chi connectivity index (χ2v) is 10.9. The molecule has 0 aliphatic rings. The third-order valence-electron chi connectivity index (χ3n) is 6.53. The average Bonchev–Trinajstić information content (AvgIpc) is 2.86. The van der Waals surface area contributed by atoms with Gasteiger partial charge < -0.3 is 31.5 Å². The molecule has 0 heterocycles. The Balaban J connectivity index is 0.00000648. The molecule has 0 saturated heterocycles. The number of carbonyl (C=O) groups is 1. The van der Waals surface area contributed by atoms with E-state index in [9.17, 15) is 13.2 Å². The molecule has 9 heteroatoms. The van der Waals surface area contributed by atoms with Crippen LogP contribution in [0.5, 0.6) is 5.75 Å². The van der Waals surface area contributed by atoms with Gasteiger partial charge >= 0.3 is 0 Å². The average molecular weight is 585 g/mol. The Morgan fingerprint density at radius 3 is 2.19 bits per heavy atom. The molecule has 2 rings (SSSR count). The second kappa shape index (κ2) is 16.0. The molecule has 0 aromatic heterocycles.